The van der Waals surface area contributed by atoms with E-state index in [0.717, 1.165) is 43.1 Å². The number of aromatic nitrogens is 2. The normalized spacial score (nSPS) is 16.6. The molecule has 0 aromatic carbocycles. The Morgan fingerprint density at radius 1 is 1.24 bits per heavy atom. The Hall–Kier alpha value is -2.04. The third kappa shape index (κ3) is 3.80. The zero-order chi connectivity index (χ0) is 18.2. The van der Waals surface area contributed by atoms with E-state index in [0.29, 0.717) is 5.92 Å². The molecule has 0 saturated carbocycles. The molecule has 0 aliphatic carbocycles. The molecule has 3 rings (SSSR count). The summed E-state index contributed by atoms with van der Waals surface area (Å²) < 4.78 is 2.15. The largest absolute Gasteiger partial charge is 0.365 e. The second-order valence-corrected chi connectivity index (χ2v) is 8.40. The van der Waals surface area contributed by atoms with Gasteiger partial charge in [-0.15, -0.1) is 0 Å². The fourth-order valence-electron chi connectivity index (χ4n) is 3.52. The molecule has 1 fully saturated rings. The van der Waals surface area contributed by atoms with Crippen molar-refractivity contribution in [2.24, 2.45) is 5.92 Å². The molecule has 0 atom stereocenters. The van der Waals surface area contributed by atoms with E-state index in [1.165, 1.54) is 0 Å². The van der Waals surface area contributed by atoms with Crippen molar-refractivity contribution >= 4 is 17.4 Å². The number of amides is 1. The van der Waals surface area contributed by atoms with Crippen LogP contribution < -0.4 is 5.32 Å². The Morgan fingerprint density at radius 2 is 1.92 bits per heavy atom. The number of pyridine rings is 1. The summed E-state index contributed by atoms with van der Waals surface area (Å²) in [5.74, 6) is 1.82. The fourth-order valence-corrected chi connectivity index (χ4v) is 3.52. The maximum absolute atomic E-state index is 12.2. The number of likely N-dealkylation sites (tertiary alicyclic amines) is 1. The van der Waals surface area contributed by atoms with Crippen LogP contribution in [-0.2, 0) is 4.79 Å². The zero-order valence-corrected chi connectivity index (χ0v) is 16.0. The first-order valence-electron chi connectivity index (χ1n) is 9.30. The molecule has 1 aliphatic heterocycles. The van der Waals surface area contributed by atoms with Crippen molar-refractivity contribution in [3.63, 3.8) is 0 Å². The van der Waals surface area contributed by atoms with Gasteiger partial charge in [0.1, 0.15) is 11.5 Å². The molecule has 2 aromatic rings. The predicted octanol–water partition coefficient (Wildman–Crippen LogP) is 3.91. The number of piperidine rings is 1. The highest BCUT2D eigenvalue weighted by atomic mass is 16.2. The van der Waals surface area contributed by atoms with Gasteiger partial charge in [-0.1, -0.05) is 19.9 Å². The average molecular weight is 342 g/mol. The standard InChI is InChI=1S/C20H30N4O/c1-14(2)19(25)23-12-9-15(10-13-23)17-18(22-20(3,4)5)24-11-7-6-8-16(24)21-17/h6-8,11,14-15,22H,9-10,12-13H2,1-5H3. The van der Waals surface area contributed by atoms with Gasteiger partial charge in [-0.3, -0.25) is 9.20 Å². The van der Waals surface area contributed by atoms with Gasteiger partial charge in [0.15, 0.2) is 0 Å². The number of nitrogens with one attached hydrogen (secondary N) is 1. The smallest absolute Gasteiger partial charge is 0.225 e. The summed E-state index contributed by atoms with van der Waals surface area (Å²) in [5.41, 5.74) is 2.08. The van der Waals surface area contributed by atoms with Crippen LogP contribution >= 0.6 is 0 Å². The summed E-state index contributed by atoms with van der Waals surface area (Å²) >= 11 is 0. The number of carbonyl (C=O) groups is 1. The Morgan fingerprint density at radius 3 is 2.52 bits per heavy atom. The van der Waals surface area contributed by atoms with Crippen molar-refractivity contribution in [2.45, 2.75) is 58.9 Å². The number of anilines is 1. The average Bonchev–Trinajstić information content (AvgIpc) is 2.91. The molecule has 2 aromatic heterocycles. The minimum absolute atomic E-state index is 0.0329. The van der Waals surface area contributed by atoms with Crippen LogP contribution in [0.15, 0.2) is 24.4 Å². The fraction of sp³-hybridized carbons (Fsp3) is 0.600. The molecule has 0 unspecified atom stereocenters. The van der Waals surface area contributed by atoms with E-state index in [2.05, 4.69) is 42.8 Å². The van der Waals surface area contributed by atoms with Crippen molar-refractivity contribution in [1.82, 2.24) is 14.3 Å². The minimum Gasteiger partial charge on any atom is -0.365 e. The SMILES string of the molecule is CC(C)C(=O)N1CCC(c2nc3ccccn3c2NC(C)(C)C)CC1. The first kappa shape index (κ1) is 17.8. The molecule has 0 spiro atoms. The Kier molecular flexibility index (Phi) is 4.76. The van der Waals surface area contributed by atoms with Gasteiger partial charge in [0.05, 0.1) is 5.69 Å². The molecule has 136 valence electrons. The maximum atomic E-state index is 12.2. The van der Waals surface area contributed by atoms with Gasteiger partial charge < -0.3 is 10.2 Å². The molecular weight excluding hydrogens is 312 g/mol. The Balaban J connectivity index is 1.86. The molecule has 25 heavy (non-hydrogen) atoms. The first-order chi connectivity index (χ1) is 11.8. The van der Waals surface area contributed by atoms with E-state index in [9.17, 15) is 4.79 Å². The molecule has 3 heterocycles. The molecule has 1 amide bonds. The van der Waals surface area contributed by atoms with Crippen LogP contribution in [-0.4, -0.2) is 38.8 Å². The van der Waals surface area contributed by atoms with Gasteiger partial charge in [0.2, 0.25) is 5.91 Å². The van der Waals surface area contributed by atoms with Gasteiger partial charge in [0, 0.05) is 36.7 Å². The van der Waals surface area contributed by atoms with E-state index in [1.54, 1.807) is 0 Å². The lowest BCUT2D eigenvalue weighted by molar-refractivity contribution is -0.135. The van der Waals surface area contributed by atoms with Crippen molar-refractivity contribution in [3.8, 4) is 0 Å². The van der Waals surface area contributed by atoms with Crippen LogP contribution in [0.3, 0.4) is 0 Å². The minimum atomic E-state index is -0.0329. The van der Waals surface area contributed by atoms with E-state index >= 15 is 0 Å². The van der Waals surface area contributed by atoms with Crippen molar-refractivity contribution in [3.05, 3.63) is 30.1 Å². The van der Waals surface area contributed by atoms with E-state index in [-0.39, 0.29) is 17.4 Å². The lowest BCUT2D eigenvalue weighted by atomic mass is 9.92. The highest BCUT2D eigenvalue weighted by molar-refractivity contribution is 5.78. The molecule has 5 heteroatoms. The van der Waals surface area contributed by atoms with E-state index < -0.39 is 0 Å². The third-order valence-corrected chi connectivity index (χ3v) is 4.74. The highest BCUT2D eigenvalue weighted by Crippen LogP contribution is 2.34. The number of nitrogens with zero attached hydrogens (tertiary/aromatic N) is 3. The van der Waals surface area contributed by atoms with Crippen LogP contribution in [0.25, 0.3) is 5.65 Å². The number of carbonyl (C=O) groups excluding carboxylic acids is 1. The van der Waals surface area contributed by atoms with Gasteiger partial charge in [-0.05, 0) is 45.7 Å². The molecular formula is C20H30N4O. The van der Waals surface area contributed by atoms with E-state index in [4.69, 9.17) is 4.98 Å². The molecule has 1 N–H and O–H groups in total. The van der Waals surface area contributed by atoms with Crippen LogP contribution in [0.1, 0.15) is 59.1 Å². The monoisotopic (exact) mass is 342 g/mol. The molecule has 1 saturated heterocycles. The summed E-state index contributed by atoms with van der Waals surface area (Å²) in [5, 5.41) is 3.64. The van der Waals surface area contributed by atoms with E-state index in [1.807, 2.05) is 30.9 Å². The topological polar surface area (TPSA) is 49.6 Å². The van der Waals surface area contributed by atoms with Gasteiger partial charge in [-0.25, -0.2) is 4.98 Å². The lowest BCUT2D eigenvalue weighted by Gasteiger charge is -2.33. The molecule has 1 aliphatic rings. The summed E-state index contributed by atoms with van der Waals surface area (Å²) in [6.45, 7) is 12.1. The summed E-state index contributed by atoms with van der Waals surface area (Å²) in [6, 6.07) is 6.11. The highest BCUT2D eigenvalue weighted by Gasteiger charge is 2.29. The number of hydrogen-bond donors (Lipinski definition) is 1. The summed E-state index contributed by atoms with van der Waals surface area (Å²) in [4.78, 5) is 19.2. The predicted molar refractivity (Wildman–Crippen MR) is 102 cm³/mol. The van der Waals surface area contributed by atoms with Crippen LogP contribution in [0.5, 0.6) is 0 Å². The van der Waals surface area contributed by atoms with Crippen molar-refractivity contribution < 1.29 is 4.79 Å². The molecule has 0 bridgehead atoms. The van der Waals surface area contributed by atoms with Gasteiger partial charge in [0.25, 0.3) is 0 Å². The third-order valence-electron chi connectivity index (χ3n) is 4.74. The molecule has 0 radical (unpaired) electrons. The molecule has 5 nitrogen and oxygen atoms in total. The van der Waals surface area contributed by atoms with Crippen molar-refractivity contribution in [2.75, 3.05) is 18.4 Å². The maximum Gasteiger partial charge on any atom is 0.225 e. The number of imidazole rings is 1. The lowest BCUT2D eigenvalue weighted by Crippen LogP contribution is -2.40. The number of rotatable bonds is 3. The van der Waals surface area contributed by atoms with Gasteiger partial charge in [-0.2, -0.15) is 0 Å². The quantitative estimate of drug-likeness (QED) is 0.920. The second-order valence-electron chi connectivity index (χ2n) is 8.40. The van der Waals surface area contributed by atoms with Crippen LogP contribution in [0.2, 0.25) is 0 Å². The number of fused-ring (bicyclic) bond motifs is 1. The summed E-state index contributed by atoms with van der Waals surface area (Å²) in [7, 11) is 0. The Bertz CT molecular complexity index is 749. The van der Waals surface area contributed by atoms with Crippen LogP contribution in [0.4, 0.5) is 5.82 Å². The first-order valence-corrected chi connectivity index (χ1v) is 9.30. The Labute approximate surface area is 150 Å². The van der Waals surface area contributed by atoms with Crippen LogP contribution in [0, 0.1) is 5.92 Å². The van der Waals surface area contributed by atoms with Gasteiger partial charge >= 0.3 is 0 Å². The van der Waals surface area contributed by atoms with Crippen molar-refractivity contribution in [1.29, 1.82) is 0 Å². The number of hydrogen-bond acceptors (Lipinski definition) is 3. The summed E-state index contributed by atoms with van der Waals surface area (Å²) in [6.07, 6.45) is 4.01. The second kappa shape index (κ2) is 6.70. The zero-order valence-electron chi connectivity index (χ0n) is 16.0.